The molecule has 2 rings (SSSR count). The summed E-state index contributed by atoms with van der Waals surface area (Å²) in [6, 6.07) is -2.09. The Balaban J connectivity index is 0.000000516. The van der Waals surface area contributed by atoms with E-state index in [2.05, 4.69) is 9.44 Å². The number of hydroxylamine groups is 2. The molecule has 0 unspecified atom stereocenters. The molecule has 2 heterocycles. The van der Waals surface area contributed by atoms with E-state index < -0.39 is 53.2 Å². The number of aliphatic carboxylic acids is 1. The first kappa shape index (κ1) is 24.3. The molecule has 18 heteroatoms. The lowest BCUT2D eigenvalue weighted by Gasteiger charge is -2.29. The Kier molecular flexibility index (Phi) is 7.72. The third-order valence-electron chi connectivity index (χ3n) is 3.43. The molecular weight excluding hydrogens is 435 g/mol. The highest BCUT2D eigenvalue weighted by atomic mass is 32.3. The number of carboxylic acid groups (broad SMARTS) is 1. The van der Waals surface area contributed by atoms with Crippen molar-refractivity contribution in [2.45, 2.75) is 24.7 Å². The molecule has 0 spiro atoms. The van der Waals surface area contributed by atoms with Crippen molar-refractivity contribution in [2.75, 3.05) is 19.7 Å². The molecule has 2 aliphatic rings. The number of urea groups is 1. The molecule has 0 radical (unpaired) electrons. The van der Waals surface area contributed by atoms with Gasteiger partial charge in [-0.15, -0.1) is 4.28 Å². The van der Waals surface area contributed by atoms with Crippen molar-refractivity contribution in [1.82, 2.24) is 9.96 Å². The number of halogens is 3. The van der Waals surface area contributed by atoms with Crippen molar-refractivity contribution >= 4 is 34.0 Å². The summed E-state index contributed by atoms with van der Waals surface area (Å²) in [4.78, 5) is 37.7. The number of nitrogens with zero attached hydrogens (tertiary/aromatic N) is 3. The van der Waals surface area contributed by atoms with Crippen molar-refractivity contribution in [1.29, 1.82) is 0 Å². The third kappa shape index (κ3) is 7.00. The number of carbonyl (C=O) groups is 3. The predicted molar refractivity (Wildman–Crippen MR) is 84.1 cm³/mol. The lowest BCUT2D eigenvalue weighted by molar-refractivity contribution is -0.192. The van der Waals surface area contributed by atoms with Crippen LogP contribution in [0, 0.1) is 0 Å². The number of hydrogen-bond donors (Lipinski definition) is 4. The monoisotopic (exact) mass is 451 g/mol. The summed E-state index contributed by atoms with van der Waals surface area (Å²) in [5.74, 6) is -3.50. The summed E-state index contributed by atoms with van der Waals surface area (Å²) in [7, 11) is -4.88. The largest absolute Gasteiger partial charge is 0.490 e. The standard InChI is InChI=1S/C9H15N5O7S.C2HF3O2/c10-2-5-1-6(12-20-4-8(11)15)7-3-13(5)9(16)14(7)21-22(17,18)19;3-2(4,5)1(6)7/h5,7H,1-4,10H2,(H2,11,15)(H,17,18,19);(H,6,7)/t5-,7-;/m0./s1. The minimum atomic E-state index is -5.08. The van der Waals surface area contributed by atoms with Crippen LogP contribution in [0.5, 0.6) is 0 Å². The van der Waals surface area contributed by atoms with E-state index in [4.69, 9.17) is 30.8 Å². The van der Waals surface area contributed by atoms with Gasteiger partial charge in [0.05, 0.1) is 18.3 Å². The topological polar surface area (TPSA) is 215 Å². The van der Waals surface area contributed by atoms with E-state index >= 15 is 0 Å². The van der Waals surface area contributed by atoms with Crippen LogP contribution in [0.1, 0.15) is 6.42 Å². The Morgan fingerprint density at radius 2 is 1.90 bits per heavy atom. The average Bonchev–Trinajstić information content (AvgIpc) is 2.82. The van der Waals surface area contributed by atoms with Gasteiger partial charge < -0.3 is 26.3 Å². The number of piperidine rings is 1. The maximum absolute atomic E-state index is 12.1. The van der Waals surface area contributed by atoms with Gasteiger partial charge in [0.15, 0.2) is 6.61 Å². The summed E-state index contributed by atoms with van der Waals surface area (Å²) in [6.45, 7) is -0.303. The van der Waals surface area contributed by atoms with Gasteiger partial charge in [0, 0.05) is 13.0 Å². The molecule has 14 nitrogen and oxygen atoms in total. The smallest absolute Gasteiger partial charge is 0.475 e. The second-order valence-corrected chi connectivity index (χ2v) is 6.50. The van der Waals surface area contributed by atoms with Gasteiger partial charge in [-0.2, -0.15) is 26.7 Å². The van der Waals surface area contributed by atoms with Crippen molar-refractivity contribution in [3.63, 3.8) is 0 Å². The molecule has 2 bridgehead atoms. The van der Waals surface area contributed by atoms with Crippen molar-refractivity contribution in [3.05, 3.63) is 0 Å². The van der Waals surface area contributed by atoms with Crippen molar-refractivity contribution in [2.24, 2.45) is 16.6 Å². The molecule has 0 aliphatic carbocycles. The second-order valence-electron chi connectivity index (χ2n) is 5.50. The van der Waals surface area contributed by atoms with Crippen LogP contribution in [-0.4, -0.2) is 89.6 Å². The van der Waals surface area contributed by atoms with E-state index in [1.807, 2.05) is 0 Å². The fourth-order valence-corrected chi connectivity index (χ4v) is 2.68. The van der Waals surface area contributed by atoms with Crippen LogP contribution in [0.15, 0.2) is 5.16 Å². The zero-order valence-electron chi connectivity index (χ0n) is 14.3. The van der Waals surface area contributed by atoms with Gasteiger partial charge in [-0.25, -0.2) is 9.59 Å². The summed E-state index contributed by atoms with van der Waals surface area (Å²) >= 11 is 0. The molecule has 166 valence electrons. The summed E-state index contributed by atoms with van der Waals surface area (Å²) in [5, 5.41) is 11.3. The second kappa shape index (κ2) is 9.20. The Morgan fingerprint density at radius 1 is 1.34 bits per heavy atom. The molecule has 3 amide bonds. The van der Waals surface area contributed by atoms with Gasteiger partial charge in [-0.3, -0.25) is 9.35 Å². The van der Waals surface area contributed by atoms with E-state index in [0.29, 0.717) is 5.06 Å². The van der Waals surface area contributed by atoms with Crippen LogP contribution >= 0.6 is 0 Å². The van der Waals surface area contributed by atoms with E-state index in [1.165, 1.54) is 4.90 Å². The highest BCUT2D eigenvalue weighted by Crippen LogP contribution is 2.29. The van der Waals surface area contributed by atoms with Crippen LogP contribution < -0.4 is 11.5 Å². The molecule has 0 aromatic rings. The predicted octanol–water partition coefficient (Wildman–Crippen LogP) is -1.95. The first-order valence-electron chi connectivity index (χ1n) is 7.41. The SMILES string of the molecule is NC[C@@H]1CC(=NOCC(N)=O)[C@@H]2CN1C(=O)N2OS(=O)(=O)O.O=C(O)C(F)(F)F. The van der Waals surface area contributed by atoms with Crippen molar-refractivity contribution < 1.29 is 54.8 Å². The van der Waals surface area contributed by atoms with Crippen molar-refractivity contribution in [3.8, 4) is 0 Å². The number of nitrogens with two attached hydrogens (primary N) is 2. The maximum Gasteiger partial charge on any atom is 0.490 e. The first-order valence-corrected chi connectivity index (χ1v) is 8.78. The van der Waals surface area contributed by atoms with Crippen LogP contribution in [0.4, 0.5) is 18.0 Å². The lowest BCUT2D eigenvalue weighted by atomic mass is 9.99. The Hall–Kier alpha value is -2.70. The molecular formula is C11H16F3N5O9S. The molecule has 0 aromatic heterocycles. The quantitative estimate of drug-likeness (QED) is 0.258. The minimum absolute atomic E-state index is 0.0645. The molecule has 2 saturated heterocycles. The Morgan fingerprint density at radius 3 is 2.31 bits per heavy atom. The van der Waals surface area contributed by atoms with E-state index in [9.17, 15) is 31.2 Å². The molecule has 2 atom stereocenters. The third-order valence-corrected chi connectivity index (χ3v) is 3.78. The number of hydrogen-bond acceptors (Lipinski definition) is 9. The summed E-state index contributed by atoms with van der Waals surface area (Å²) in [5.41, 5.74) is 10.7. The number of carbonyl (C=O) groups excluding carboxylic acids is 2. The molecule has 29 heavy (non-hydrogen) atoms. The zero-order valence-corrected chi connectivity index (χ0v) is 15.1. The molecule has 6 N–H and O–H groups in total. The Bertz CT molecular complexity index is 787. The van der Waals surface area contributed by atoms with Crippen LogP contribution in [0.3, 0.4) is 0 Å². The highest BCUT2D eigenvalue weighted by molar-refractivity contribution is 7.80. The van der Waals surface area contributed by atoms with E-state index in [0.717, 1.165) is 0 Å². The number of oxime groups is 1. The maximum atomic E-state index is 12.1. The van der Waals surface area contributed by atoms with Gasteiger partial charge in [0.25, 0.3) is 5.91 Å². The first-order chi connectivity index (χ1) is 13.2. The summed E-state index contributed by atoms with van der Waals surface area (Å²) in [6.07, 6.45) is -4.88. The fraction of sp³-hybridized carbons (Fsp3) is 0.636. The van der Waals surface area contributed by atoms with Crippen LogP contribution in [0.2, 0.25) is 0 Å². The fourth-order valence-electron chi connectivity index (χ4n) is 2.30. The number of amides is 3. The molecule has 2 fully saturated rings. The lowest BCUT2D eigenvalue weighted by Crippen LogP contribution is -2.48. The average molecular weight is 451 g/mol. The minimum Gasteiger partial charge on any atom is -0.475 e. The zero-order chi connectivity index (χ0) is 22.6. The number of rotatable bonds is 6. The highest BCUT2D eigenvalue weighted by Gasteiger charge is 2.50. The van der Waals surface area contributed by atoms with Crippen LogP contribution in [0.25, 0.3) is 0 Å². The molecule has 0 saturated carbocycles. The number of carboxylic acids is 1. The van der Waals surface area contributed by atoms with Crippen LogP contribution in [-0.2, 0) is 29.1 Å². The Labute approximate surface area is 160 Å². The van der Waals surface area contributed by atoms with E-state index in [1.54, 1.807) is 0 Å². The number of fused-ring (bicyclic) bond motifs is 2. The molecule has 2 aliphatic heterocycles. The van der Waals surface area contributed by atoms with Gasteiger partial charge in [0.1, 0.15) is 6.04 Å². The number of alkyl halides is 3. The molecule has 0 aromatic carbocycles. The number of primary amides is 1. The summed E-state index contributed by atoms with van der Waals surface area (Å²) < 4.78 is 66.5. The van der Waals surface area contributed by atoms with Gasteiger partial charge >= 0.3 is 28.6 Å². The van der Waals surface area contributed by atoms with Gasteiger partial charge in [0.2, 0.25) is 0 Å². The van der Waals surface area contributed by atoms with Gasteiger partial charge in [-0.05, 0) is 0 Å². The van der Waals surface area contributed by atoms with E-state index in [-0.39, 0.29) is 25.2 Å². The normalized spacial score (nSPS) is 22.9. The van der Waals surface area contributed by atoms with Gasteiger partial charge in [-0.1, -0.05) is 5.16 Å².